The molecule has 2 heterocycles. The zero-order chi connectivity index (χ0) is 13.1. The van der Waals surface area contributed by atoms with Crippen molar-refractivity contribution in [2.45, 2.75) is 26.4 Å². The Labute approximate surface area is 106 Å². The summed E-state index contributed by atoms with van der Waals surface area (Å²) in [5.74, 6) is 0. The number of pyridine rings is 1. The third-order valence-corrected chi connectivity index (χ3v) is 2.95. The first-order valence-corrected chi connectivity index (χ1v) is 6.05. The molecule has 1 atom stereocenters. The van der Waals surface area contributed by atoms with Crippen molar-refractivity contribution in [2.75, 3.05) is 5.32 Å². The van der Waals surface area contributed by atoms with E-state index in [0.717, 1.165) is 17.8 Å². The van der Waals surface area contributed by atoms with Gasteiger partial charge in [-0.2, -0.15) is 5.10 Å². The first-order valence-electron chi connectivity index (χ1n) is 6.05. The molecule has 0 fully saturated rings. The normalized spacial score (nSPS) is 12.4. The van der Waals surface area contributed by atoms with E-state index in [9.17, 15) is 4.79 Å². The molecule has 0 aliphatic carbocycles. The van der Waals surface area contributed by atoms with Crippen LogP contribution in [0.25, 0.3) is 0 Å². The van der Waals surface area contributed by atoms with Crippen molar-refractivity contribution in [2.24, 2.45) is 7.05 Å². The minimum Gasteiger partial charge on any atom is -0.377 e. The second-order valence-corrected chi connectivity index (χ2v) is 4.36. The number of aromatic nitrogens is 3. The molecule has 96 valence electrons. The summed E-state index contributed by atoms with van der Waals surface area (Å²) in [6, 6.07) is 3.51. The monoisotopic (exact) mass is 246 g/mol. The van der Waals surface area contributed by atoms with E-state index in [1.807, 2.05) is 17.1 Å². The van der Waals surface area contributed by atoms with Gasteiger partial charge in [-0.25, -0.2) is 0 Å². The highest BCUT2D eigenvalue weighted by atomic mass is 16.1. The van der Waals surface area contributed by atoms with Crippen LogP contribution in [0.2, 0.25) is 0 Å². The first-order chi connectivity index (χ1) is 8.60. The van der Waals surface area contributed by atoms with Gasteiger partial charge in [-0.05, 0) is 19.9 Å². The van der Waals surface area contributed by atoms with Gasteiger partial charge >= 0.3 is 0 Å². The van der Waals surface area contributed by atoms with Gasteiger partial charge in [0.1, 0.15) is 0 Å². The average molecular weight is 246 g/mol. The zero-order valence-corrected chi connectivity index (χ0v) is 10.9. The van der Waals surface area contributed by atoms with E-state index >= 15 is 0 Å². The van der Waals surface area contributed by atoms with E-state index in [1.54, 1.807) is 29.9 Å². The number of hydrogen-bond acceptors (Lipinski definition) is 3. The zero-order valence-electron chi connectivity index (χ0n) is 10.9. The van der Waals surface area contributed by atoms with Crippen molar-refractivity contribution < 1.29 is 0 Å². The summed E-state index contributed by atoms with van der Waals surface area (Å²) in [7, 11) is 1.74. The molecule has 0 aliphatic heterocycles. The van der Waals surface area contributed by atoms with E-state index in [0.29, 0.717) is 0 Å². The lowest BCUT2D eigenvalue weighted by atomic mass is 10.2. The largest absolute Gasteiger partial charge is 0.377 e. The lowest BCUT2D eigenvalue weighted by molar-refractivity contribution is 0.658. The van der Waals surface area contributed by atoms with Gasteiger partial charge in [-0.15, -0.1) is 0 Å². The van der Waals surface area contributed by atoms with Crippen LogP contribution in [0, 0.1) is 0 Å². The van der Waals surface area contributed by atoms with Crippen molar-refractivity contribution in [3.8, 4) is 0 Å². The number of hydrogen-bond donors (Lipinski definition) is 1. The minimum atomic E-state index is -0.00740. The average Bonchev–Trinajstić information content (AvgIpc) is 2.82. The standard InChI is InChI=1S/C13H18N4O/c1-4-17-8-11(7-14-17)10(2)15-12-5-6-13(18)16(3)9-12/h5-10,15H,4H2,1-3H3. The Bertz CT molecular complexity index is 585. The second-order valence-electron chi connectivity index (χ2n) is 4.36. The fourth-order valence-corrected chi connectivity index (χ4v) is 1.79. The van der Waals surface area contributed by atoms with Crippen LogP contribution in [0.5, 0.6) is 0 Å². The number of aryl methyl sites for hydroxylation is 2. The Balaban J connectivity index is 2.13. The van der Waals surface area contributed by atoms with E-state index in [1.165, 1.54) is 0 Å². The molecule has 2 rings (SSSR count). The summed E-state index contributed by atoms with van der Waals surface area (Å²) < 4.78 is 3.46. The maximum absolute atomic E-state index is 11.3. The molecule has 5 heteroatoms. The van der Waals surface area contributed by atoms with Gasteiger partial charge in [0.2, 0.25) is 5.56 Å². The lowest BCUT2D eigenvalue weighted by Gasteiger charge is -2.14. The molecule has 2 aromatic rings. The van der Waals surface area contributed by atoms with Crippen LogP contribution < -0.4 is 10.9 Å². The number of rotatable bonds is 4. The minimum absolute atomic E-state index is 0.00740. The summed E-state index contributed by atoms with van der Waals surface area (Å²) in [6.07, 6.45) is 5.69. The summed E-state index contributed by atoms with van der Waals surface area (Å²) in [6.45, 7) is 5.00. The molecular formula is C13H18N4O. The van der Waals surface area contributed by atoms with Crippen LogP contribution >= 0.6 is 0 Å². The molecule has 0 aromatic carbocycles. The van der Waals surface area contributed by atoms with Gasteiger partial charge in [0.15, 0.2) is 0 Å². The molecule has 5 nitrogen and oxygen atoms in total. The third kappa shape index (κ3) is 2.61. The van der Waals surface area contributed by atoms with Gasteiger partial charge in [0.25, 0.3) is 0 Å². The maximum Gasteiger partial charge on any atom is 0.250 e. The fourth-order valence-electron chi connectivity index (χ4n) is 1.79. The van der Waals surface area contributed by atoms with Crippen LogP contribution in [-0.2, 0) is 13.6 Å². The molecule has 1 unspecified atom stereocenters. The Morgan fingerprint density at radius 1 is 1.39 bits per heavy atom. The Hall–Kier alpha value is -2.04. The SMILES string of the molecule is CCn1cc(C(C)Nc2ccc(=O)n(C)c2)cn1. The second kappa shape index (κ2) is 5.08. The van der Waals surface area contributed by atoms with Crippen molar-refractivity contribution in [1.82, 2.24) is 14.3 Å². The molecule has 2 aromatic heterocycles. The molecule has 0 bridgehead atoms. The maximum atomic E-state index is 11.3. The van der Waals surface area contributed by atoms with Gasteiger partial charge in [-0.3, -0.25) is 9.48 Å². The molecule has 18 heavy (non-hydrogen) atoms. The first kappa shape index (κ1) is 12.4. The highest BCUT2D eigenvalue weighted by Crippen LogP contribution is 2.17. The van der Waals surface area contributed by atoms with Crippen LogP contribution in [-0.4, -0.2) is 14.3 Å². The van der Waals surface area contributed by atoms with Crippen LogP contribution in [0.4, 0.5) is 5.69 Å². The molecule has 0 radical (unpaired) electrons. The highest BCUT2D eigenvalue weighted by Gasteiger charge is 2.08. The Morgan fingerprint density at radius 3 is 2.78 bits per heavy atom. The molecule has 0 saturated carbocycles. The molecule has 0 spiro atoms. The van der Waals surface area contributed by atoms with E-state index in [-0.39, 0.29) is 11.6 Å². The lowest BCUT2D eigenvalue weighted by Crippen LogP contribution is -2.16. The quantitative estimate of drug-likeness (QED) is 0.894. The van der Waals surface area contributed by atoms with E-state index < -0.39 is 0 Å². The molecule has 0 saturated heterocycles. The number of anilines is 1. The predicted octanol–water partition coefficient (Wildman–Crippen LogP) is 1.77. The summed E-state index contributed by atoms with van der Waals surface area (Å²) in [5, 5.41) is 7.60. The van der Waals surface area contributed by atoms with Gasteiger partial charge in [-0.1, -0.05) is 0 Å². The number of nitrogens with zero attached hydrogens (tertiary/aromatic N) is 3. The highest BCUT2D eigenvalue weighted by molar-refractivity contribution is 5.42. The molecular weight excluding hydrogens is 228 g/mol. The fraction of sp³-hybridized carbons (Fsp3) is 0.385. The number of nitrogens with one attached hydrogen (secondary N) is 1. The molecule has 1 N–H and O–H groups in total. The van der Waals surface area contributed by atoms with Crippen molar-refractivity contribution in [3.05, 3.63) is 46.6 Å². The Kier molecular flexibility index (Phi) is 3.50. The van der Waals surface area contributed by atoms with Gasteiger partial charge in [0, 0.05) is 37.6 Å². The topological polar surface area (TPSA) is 51.9 Å². The molecule has 0 amide bonds. The Morgan fingerprint density at radius 2 is 2.17 bits per heavy atom. The summed E-state index contributed by atoms with van der Waals surface area (Å²) in [4.78, 5) is 11.3. The van der Waals surface area contributed by atoms with Crippen molar-refractivity contribution in [1.29, 1.82) is 0 Å². The summed E-state index contributed by atoms with van der Waals surface area (Å²) >= 11 is 0. The van der Waals surface area contributed by atoms with Crippen molar-refractivity contribution in [3.63, 3.8) is 0 Å². The van der Waals surface area contributed by atoms with E-state index in [4.69, 9.17) is 0 Å². The van der Waals surface area contributed by atoms with Gasteiger partial charge in [0.05, 0.1) is 17.9 Å². The smallest absolute Gasteiger partial charge is 0.250 e. The third-order valence-electron chi connectivity index (χ3n) is 2.95. The van der Waals surface area contributed by atoms with Gasteiger partial charge < -0.3 is 9.88 Å². The van der Waals surface area contributed by atoms with Crippen LogP contribution in [0.3, 0.4) is 0 Å². The van der Waals surface area contributed by atoms with E-state index in [2.05, 4.69) is 24.3 Å². The molecule has 0 aliphatic rings. The van der Waals surface area contributed by atoms with Crippen molar-refractivity contribution >= 4 is 5.69 Å². The predicted molar refractivity (Wildman–Crippen MR) is 71.6 cm³/mol. The van der Waals surface area contributed by atoms with Crippen LogP contribution in [0.15, 0.2) is 35.5 Å². The van der Waals surface area contributed by atoms with Crippen LogP contribution in [0.1, 0.15) is 25.5 Å². The summed E-state index contributed by atoms with van der Waals surface area (Å²) in [5.41, 5.74) is 2.05.